The molecule has 0 aromatic carbocycles. The van der Waals surface area contributed by atoms with Gasteiger partial charge in [-0.2, -0.15) is 8.42 Å². The molecule has 0 bridgehead atoms. The molecular formula is C16H26O5S. The summed E-state index contributed by atoms with van der Waals surface area (Å²) < 4.78 is 40.6. The van der Waals surface area contributed by atoms with Crippen molar-refractivity contribution >= 4 is 10.1 Å². The highest BCUT2D eigenvalue weighted by atomic mass is 32.2. The first-order valence-electron chi connectivity index (χ1n) is 8.66. The van der Waals surface area contributed by atoms with Gasteiger partial charge in [0.1, 0.15) is 0 Å². The average molecular weight is 330 g/mol. The van der Waals surface area contributed by atoms with Gasteiger partial charge in [0.25, 0.3) is 10.1 Å². The van der Waals surface area contributed by atoms with Crippen LogP contribution in [0.3, 0.4) is 0 Å². The molecule has 0 radical (unpaired) electrons. The van der Waals surface area contributed by atoms with E-state index < -0.39 is 10.1 Å². The molecule has 1 saturated heterocycles. The SMILES string of the molecule is CS(=O)(=O)O[C@@H]1C[C@@H]2CC[C@H]3C[C@@H](O[C@@H]4CCCCO4)[C@H]1[C@@H]32. The second-order valence-corrected chi connectivity index (χ2v) is 9.13. The molecule has 0 aromatic heterocycles. The topological polar surface area (TPSA) is 61.8 Å². The summed E-state index contributed by atoms with van der Waals surface area (Å²) in [4.78, 5) is 0. The number of ether oxygens (including phenoxy) is 2. The van der Waals surface area contributed by atoms with Gasteiger partial charge in [0.05, 0.1) is 18.5 Å². The highest BCUT2D eigenvalue weighted by Crippen LogP contribution is 2.60. The van der Waals surface area contributed by atoms with Gasteiger partial charge < -0.3 is 9.47 Å². The summed E-state index contributed by atoms with van der Waals surface area (Å²) in [6.45, 7) is 0.779. The van der Waals surface area contributed by atoms with Crippen molar-refractivity contribution in [1.29, 1.82) is 0 Å². The van der Waals surface area contributed by atoms with Gasteiger partial charge in [-0.25, -0.2) is 0 Å². The van der Waals surface area contributed by atoms with Crippen LogP contribution in [0.25, 0.3) is 0 Å². The fraction of sp³-hybridized carbons (Fsp3) is 1.00. The molecule has 4 aliphatic rings. The van der Waals surface area contributed by atoms with E-state index in [0.29, 0.717) is 17.8 Å². The van der Waals surface area contributed by atoms with E-state index in [1.165, 1.54) is 12.8 Å². The van der Waals surface area contributed by atoms with Crippen LogP contribution >= 0.6 is 0 Å². The Morgan fingerprint density at radius 3 is 2.32 bits per heavy atom. The molecule has 0 N–H and O–H groups in total. The number of rotatable bonds is 4. The fourth-order valence-electron chi connectivity index (χ4n) is 5.51. The lowest BCUT2D eigenvalue weighted by Gasteiger charge is -2.30. The monoisotopic (exact) mass is 330 g/mol. The first-order valence-corrected chi connectivity index (χ1v) is 10.5. The summed E-state index contributed by atoms with van der Waals surface area (Å²) >= 11 is 0. The standard InChI is InChI=1S/C16H26O5S/c1-22(17,18)21-13-9-11-6-5-10-8-12(16(13)15(10)11)20-14-4-2-3-7-19-14/h10-16H,2-9H2,1H3/t10-,11-,12+,13+,14+,15-,16+/m0/s1. The molecule has 126 valence electrons. The summed E-state index contributed by atoms with van der Waals surface area (Å²) in [6.07, 6.45) is 8.62. The Bertz CT molecular complexity index is 513. The van der Waals surface area contributed by atoms with Crippen molar-refractivity contribution in [2.24, 2.45) is 23.7 Å². The molecule has 7 atom stereocenters. The van der Waals surface area contributed by atoms with Crippen LogP contribution in [0.1, 0.15) is 44.9 Å². The molecule has 0 aromatic rings. The fourth-order valence-corrected chi connectivity index (χ4v) is 6.17. The molecule has 5 nitrogen and oxygen atoms in total. The third-order valence-electron chi connectivity index (χ3n) is 6.13. The van der Waals surface area contributed by atoms with Crippen LogP contribution < -0.4 is 0 Å². The minimum atomic E-state index is -3.41. The predicted octanol–water partition coefficient (Wildman–Crippen LogP) is 2.31. The molecule has 4 rings (SSSR count). The first-order chi connectivity index (χ1) is 10.5. The van der Waals surface area contributed by atoms with Gasteiger partial charge in [-0.15, -0.1) is 0 Å². The molecule has 22 heavy (non-hydrogen) atoms. The summed E-state index contributed by atoms with van der Waals surface area (Å²) in [7, 11) is -3.41. The number of hydrogen-bond acceptors (Lipinski definition) is 5. The maximum Gasteiger partial charge on any atom is 0.264 e. The predicted molar refractivity (Wildman–Crippen MR) is 80.6 cm³/mol. The summed E-state index contributed by atoms with van der Waals surface area (Å²) in [5.74, 6) is 2.15. The lowest BCUT2D eigenvalue weighted by Crippen LogP contribution is -2.36. The molecule has 0 spiro atoms. The zero-order valence-electron chi connectivity index (χ0n) is 13.1. The van der Waals surface area contributed by atoms with Gasteiger partial charge >= 0.3 is 0 Å². The van der Waals surface area contributed by atoms with Gasteiger partial charge in [0.2, 0.25) is 0 Å². The molecule has 0 amide bonds. The van der Waals surface area contributed by atoms with Gasteiger partial charge in [0, 0.05) is 12.5 Å². The second-order valence-electron chi connectivity index (χ2n) is 7.53. The normalized spacial score (nSPS) is 47.8. The highest BCUT2D eigenvalue weighted by molar-refractivity contribution is 7.86. The van der Waals surface area contributed by atoms with E-state index in [1.807, 2.05) is 0 Å². The maximum atomic E-state index is 11.6. The number of hydrogen-bond donors (Lipinski definition) is 0. The van der Waals surface area contributed by atoms with E-state index in [2.05, 4.69) is 0 Å². The van der Waals surface area contributed by atoms with Crippen molar-refractivity contribution < 1.29 is 22.1 Å². The molecule has 6 heteroatoms. The zero-order chi connectivity index (χ0) is 15.3. The van der Waals surface area contributed by atoms with Gasteiger partial charge in [-0.05, 0) is 62.7 Å². The van der Waals surface area contributed by atoms with E-state index in [9.17, 15) is 8.42 Å². The van der Waals surface area contributed by atoms with Crippen molar-refractivity contribution in [2.45, 2.75) is 63.4 Å². The molecular weight excluding hydrogens is 304 g/mol. The Morgan fingerprint density at radius 2 is 1.68 bits per heavy atom. The lowest BCUT2D eigenvalue weighted by atomic mass is 9.92. The largest absolute Gasteiger partial charge is 0.353 e. The van der Waals surface area contributed by atoms with Crippen LogP contribution in [-0.2, 0) is 23.8 Å². The molecule has 1 aliphatic heterocycles. The minimum Gasteiger partial charge on any atom is -0.353 e. The zero-order valence-corrected chi connectivity index (χ0v) is 14.0. The van der Waals surface area contributed by atoms with E-state index in [0.717, 1.165) is 45.0 Å². The minimum absolute atomic E-state index is 0.101. The Labute approximate surface area is 132 Å². The van der Waals surface area contributed by atoms with E-state index in [-0.39, 0.29) is 24.4 Å². The van der Waals surface area contributed by atoms with Gasteiger partial charge in [-0.3, -0.25) is 4.18 Å². The van der Waals surface area contributed by atoms with Crippen molar-refractivity contribution in [1.82, 2.24) is 0 Å². The third kappa shape index (κ3) is 2.83. The van der Waals surface area contributed by atoms with Crippen LogP contribution in [0.5, 0.6) is 0 Å². The maximum absolute atomic E-state index is 11.6. The van der Waals surface area contributed by atoms with Crippen LogP contribution in [0.2, 0.25) is 0 Å². The molecule has 4 fully saturated rings. The van der Waals surface area contributed by atoms with Crippen molar-refractivity contribution in [3.8, 4) is 0 Å². The summed E-state index contributed by atoms with van der Waals surface area (Å²) in [5.41, 5.74) is 0. The highest BCUT2D eigenvalue weighted by Gasteiger charge is 2.59. The van der Waals surface area contributed by atoms with E-state index in [1.54, 1.807) is 0 Å². The quantitative estimate of drug-likeness (QED) is 0.740. The Hall–Kier alpha value is -0.170. The average Bonchev–Trinajstić information content (AvgIpc) is 3.07. The van der Waals surface area contributed by atoms with Gasteiger partial charge in [0.15, 0.2) is 6.29 Å². The smallest absolute Gasteiger partial charge is 0.264 e. The van der Waals surface area contributed by atoms with Crippen LogP contribution in [-0.4, -0.2) is 39.8 Å². The van der Waals surface area contributed by atoms with Crippen molar-refractivity contribution in [2.75, 3.05) is 12.9 Å². The molecule has 0 unspecified atom stereocenters. The third-order valence-corrected chi connectivity index (χ3v) is 6.73. The van der Waals surface area contributed by atoms with Crippen molar-refractivity contribution in [3.05, 3.63) is 0 Å². The van der Waals surface area contributed by atoms with Crippen LogP contribution in [0.4, 0.5) is 0 Å². The van der Waals surface area contributed by atoms with Crippen molar-refractivity contribution in [3.63, 3.8) is 0 Å². The van der Waals surface area contributed by atoms with Crippen LogP contribution in [0.15, 0.2) is 0 Å². The summed E-state index contributed by atoms with van der Waals surface area (Å²) in [5, 5.41) is 0. The van der Waals surface area contributed by atoms with Gasteiger partial charge in [-0.1, -0.05) is 0 Å². The molecule has 3 aliphatic carbocycles. The Kier molecular flexibility index (Phi) is 4.00. The summed E-state index contributed by atoms with van der Waals surface area (Å²) in [6, 6.07) is 0. The first kappa shape index (κ1) is 15.4. The van der Waals surface area contributed by atoms with E-state index >= 15 is 0 Å². The Morgan fingerprint density at radius 1 is 0.955 bits per heavy atom. The molecule has 3 saturated carbocycles. The van der Waals surface area contributed by atoms with Crippen LogP contribution in [0, 0.1) is 23.7 Å². The Balaban J connectivity index is 1.50. The van der Waals surface area contributed by atoms with E-state index in [4.69, 9.17) is 13.7 Å². The lowest BCUT2D eigenvalue weighted by molar-refractivity contribution is -0.199. The second kappa shape index (κ2) is 5.72. The molecule has 1 heterocycles.